The second-order valence-electron chi connectivity index (χ2n) is 2.86. The maximum Gasteiger partial charge on any atom is 0.132 e. The van der Waals surface area contributed by atoms with Gasteiger partial charge in [-0.25, -0.2) is 0 Å². The summed E-state index contributed by atoms with van der Waals surface area (Å²) in [5.74, 6) is 1.72. The van der Waals surface area contributed by atoms with Crippen LogP contribution < -0.4 is 9.47 Å². The smallest absolute Gasteiger partial charge is 0.132 e. The van der Waals surface area contributed by atoms with Gasteiger partial charge in [-0.05, 0) is 24.5 Å². The molecule has 0 heterocycles. The van der Waals surface area contributed by atoms with Crippen LogP contribution in [0.2, 0.25) is 0 Å². The van der Waals surface area contributed by atoms with Crippen LogP contribution in [-0.2, 0) is 4.74 Å². The zero-order valence-electron chi connectivity index (χ0n) is 9.28. The van der Waals surface area contributed by atoms with Crippen molar-refractivity contribution in [3.05, 3.63) is 18.2 Å². The molecule has 84 valence electrons. The average Bonchev–Trinajstić information content (AvgIpc) is 2.29. The molecule has 0 aliphatic heterocycles. The quantitative estimate of drug-likeness (QED) is 0.552. The van der Waals surface area contributed by atoms with E-state index in [0.29, 0.717) is 13.2 Å². The molecule has 0 unspecified atom stereocenters. The van der Waals surface area contributed by atoms with E-state index in [1.807, 2.05) is 24.5 Å². The number of ether oxygens (including phenoxy) is 3. The molecular weight excluding hydrogens is 212 g/mol. The van der Waals surface area contributed by atoms with Gasteiger partial charge in [0.1, 0.15) is 18.1 Å². The summed E-state index contributed by atoms with van der Waals surface area (Å²) in [5.41, 5.74) is 0. The van der Waals surface area contributed by atoms with Gasteiger partial charge in [0.15, 0.2) is 0 Å². The van der Waals surface area contributed by atoms with Crippen molar-refractivity contribution in [1.29, 1.82) is 0 Å². The third-order valence-corrected chi connectivity index (χ3v) is 2.67. The zero-order chi connectivity index (χ0) is 11.1. The zero-order valence-corrected chi connectivity index (χ0v) is 10.1. The van der Waals surface area contributed by atoms with Gasteiger partial charge in [-0.2, -0.15) is 0 Å². The maximum absolute atomic E-state index is 5.49. The third-order valence-electron chi connectivity index (χ3n) is 1.91. The van der Waals surface area contributed by atoms with E-state index in [-0.39, 0.29) is 0 Å². The predicted octanol–water partition coefficient (Wildman–Crippen LogP) is 2.44. The van der Waals surface area contributed by atoms with E-state index < -0.39 is 0 Å². The lowest BCUT2D eigenvalue weighted by atomic mass is 10.3. The van der Waals surface area contributed by atoms with Crippen LogP contribution in [-0.4, -0.2) is 33.7 Å². The van der Waals surface area contributed by atoms with E-state index in [1.54, 1.807) is 26.0 Å². The van der Waals surface area contributed by atoms with Gasteiger partial charge in [0.2, 0.25) is 0 Å². The van der Waals surface area contributed by atoms with Crippen LogP contribution >= 0.6 is 11.8 Å². The standard InChI is InChI=1S/C11H16O3S/c1-12-6-7-14-9-4-5-10(13-2)11(8-9)15-3/h4-5,8H,6-7H2,1-3H3. The SMILES string of the molecule is COCCOc1ccc(OC)c(SC)c1. The summed E-state index contributed by atoms with van der Waals surface area (Å²) in [5, 5.41) is 0. The van der Waals surface area contributed by atoms with Crippen molar-refractivity contribution in [3.63, 3.8) is 0 Å². The van der Waals surface area contributed by atoms with Gasteiger partial charge in [0.25, 0.3) is 0 Å². The molecule has 0 radical (unpaired) electrons. The number of methoxy groups -OCH3 is 2. The van der Waals surface area contributed by atoms with Crippen molar-refractivity contribution in [2.45, 2.75) is 4.90 Å². The third kappa shape index (κ3) is 3.64. The highest BCUT2D eigenvalue weighted by atomic mass is 32.2. The minimum Gasteiger partial charge on any atom is -0.496 e. The highest BCUT2D eigenvalue weighted by Gasteiger charge is 2.03. The molecule has 0 aliphatic rings. The molecule has 0 bridgehead atoms. The lowest BCUT2D eigenvalue weighted by Crippen LogP contribution is -2.04. The van der Waals surface area contributed by atoms with Gasteiger partial charge in [0, 0.05) is 7.11 Å². The Morgan fingerprint density at radius 3 is 2.60 bits per heavy atom. The molecule has 3 nitrogen and oxygen atoms in total. The van der Waals surface area contributed by atoms with Crippen molar-refractivity contribution in [2.75, 3.05) is 33.7 Å². The largest absolute Gasteiger partial charge is 0.496 e. The lowest BCUT2D eigenvalue weighted by molar-refractivity contribution is 0.146. The molecule has 0 aromatic heterocycles. The summed E-state index contributed by atoms with van der Waals surface area (Å²) >= 11 is 1.64. The Labute approximate surface area is 94.7 Å². The first-order valence-corrected chi connectivity index (χ1v) is 5.88. The molecule has 0 aliphatic carbocycles. The molecule has 15 heavy (non-hydrogen) atoms. The van der Waals surface area contributed by atoms with Crippen LogP contribution in [0.3, 0.4) is 0 Å². The normalized spacial score (nSPS) is 10.1. The van der Waals surface area contributed by atoms with Crippen molar-refractivity contribution < 1.29 is 14.2 Å². The lowest BCUT2D eigenvalue weighted by Gasteiger charge is -2.09. The van der Waals surface area contributed by atoms with Crippen LogP contribution in [0.25, 0.3) is 0 Å². The summed E-state index contributed by atoms with van der Waals surface area (Å²) in [4.78, 5) is 1.08. The first kappa shape index (κ1) is 12.2. The average molecular weight is 228 g/mol. The molecule has 1 aromatic carbocycles. The molecule has 0 N–H and O–H groups in total. The Morgan fingerprint density at radius 1 is 1.20 bits per heavy atom. The molecule has 0 saturated carbocycles. The van der Waals surface area contributed by atoms with Crippen LogP contribution in [0.5, 0.6) is 11.5 Å². The molecule has 0 saturated heterocycles. The number of hydrogen-bond acceptors (Lipinski definition) is 4. The Balaban J connectivity index is 2.66. The van der Waals surface area contributed by atoms with Gasteiger partial charge < -0.3 is 14.2 Å². The van der Waals surface area contributed by atoms with Crippen molar-refractivity contribution >= 4 is 11.8 Å². The summed E-state index contributed by atoms with van der Waals surface area (Å²) in [6, 6.07) is 5.78. The predicted molar refractivity (Wildman–Crippen MR) is 62.1 cm³/mol. The second-order valence-corrected chi connectivity index (χ2v) is 3.71. The maximum atomic E-state index is 5.49. The van der Waals surface area contributed by atoms with Crippen LogP contribution in [0, 0.1) is 0 Å². The molecule has 1 aromatic rings. The van der Waals surface area contributed by atoms with Gasteiger partial charge in [-0.1, -0.05) is 0 Å². The van der Waals surface area contributed by atoms with Gasteiger partial charge >= 0.3 is 0 Å². The Hall–Kier alpha value is -0.870. The topological polar surface area (TPSA) is 27.7 Å². The fraction of sp³-hybridized carbons (Fsp3) is 0.455. The minimum atomic E-state index is 0.566. The van der Waals surface area contributed by atoms with Crippen LogP contribution in [0.4, 0.5) is 0 Å². The van der Waals surface area contributed by atoms with Gasteiger partial charge in [-0.15, -0.1) is 11.8 Å². The Morgan fingerprint density at radius 2 is 2.00 bits per heavy atom. The minimum absolute atomic E-state index is 0.566. The molecule has 1 rings (SSSR count). The van der Waals surface area contributed by atoms with Crippen molar-refractivity contribution in [1.82, 2.24) is 0 Å². The first-order chi connectivity index (χ1) is 7.31. The molecular formula is C11H16O3S. The molecule has 0 atom stereocenters. The first-order valence-electron chi connectivity index (χ1n) is 4.65. The van der Waals surface area contributed by atoms with E-state index in [1.165, 1.54) is 0 Å². The summed E-state index contributed by atoms with van der Waals surface area (Å²) in [7, 11) is 3.32. The molecule has 4 heteroatoms. The van der Waals surface area contributed by atoms with E-state index in [9.17, 15) is 0 Å². The van der Waals surface area contributed by atoms with Gasteiger partial charge in [-0.3, -0.25) is 0 Å². The summed E-state index contributed by atoms with van der Waals surface area (Å²) in [6.07, 6.45) is 2.01. The fourth-order valence-corrected chi connectivity index (χ4v) is 1.74. The highest BCUT2D eigenvalue weighted by Crippen LogP contribution is 2.31. The molecule has 0 amide bonds. The van der Waals surface area contributed by atoms with E-state index in [2.05, 4.69) is 0 Å². The summed E-state index contributed by atoms with van der Waals surface area (Å²) in [6.45, 7) is 1.16. The van der Waals surface area contributed by atoms with E-state index in [4.69, 9.17) is 14.2 Å². The Kier molecular flexibility index (Phi) is 5.36. The van der Waals surface area contributed by atoms with Crippen LogP contribution in [0.1, 0.15) is 0 Å². The Bertz CT molecular complexity index is 302. The van der Waals surface area contributed by atoms with E-state index >= 15 is 0 Å². The van der Waals surface area contributed by atoms with Crippen molar-refractivity contribution in [2.24, 2.45) is 0 Å². The number of thioether (sulfide) groups is 1. The number of rotatable bonds is 6. The van der Waals surface area contributed by atoms with Crippen LogP contribution in [0.15, 0.2) is 23.1 Å². The monoisotopic (exact) mass is 228 g/mol. The fourth-order valence-electron chi connectivity index (χ4n) is 1.15. The van der Waals surface area contributed by atoms with Gasteiger partial charge in [0.05, 0.1) is 18.6 Å². The number of hydrogen-bond donors (Lipinski definition) is 0. The summed E-state index contributed by atoms with van der Waals surface area (Å²) < 4.78 is 15.6. The number of benzene rings is 1. The molecule has 0 spiro atoms. The van der Waals surface area contributed by atoms with E-state index in [0.717, 1.165) is 16.4 Å². The van der Waals surface area contributed by atoms with Crippen molar-refractivity contribution in [3.8, 4) is 11.5 Å². The second kappa shape index (κ2) is 6.58. The highest BCUT2D eigenvalue weighted by molar-refractivity contribution is 7.98. The molecule has 0 fully saturated rings.